The van der Waals surface area contributed by atoms with Gasteiger partial charge in [-0.1, -0.05) is 164 Å². The molecule has 0 atom stereocenters. The minimum atomic E-state index is 0.686. The molecule has 0 amide bonds. The van der Waals surface area contributed by atoms with Crippen LogP contribution >= 0.6 is 0 Å². The Hall–Kier alpha value is -6.97. The Morgan fingerprint density at radius 1 is 0.269 bits per heavy atom. The average molecular weight is 662 g/mol. The first-order chi connectivity index (χ1) is 25.8. The molecule has 8 aromatic carbocycles. The molecule has 0 saturated carbocycles. The van der Waals surface area contributed by atoms with Crippen LogP contribution in [-0.4, -0.2) is 15.0 Å². The van der Waals surface area contributed by atoms with Crippen LogP contribution in [0.15, 0.2) is 188 Å². The number of nitrogens with zero attached hydrogens (tertiary/aromatic N) is 3. The summed E-state index contributed by atoms with van der Waals surface area (Å²) >= 11 is 0. The van der Waals surface area contributed by atoms with Gasteiger partial charge in [0.05, 0.1) is 22.6 Å². The van der Waals surface area contributed by atoms with Crippen LogP contribution in [-0.2, 0) is 0 Å². The average Bonchev–Trinajstić information content (AvgIpc) is 3.24. The molecule has 0 bridgehead atoms. The maximum absolute atomic E-state index is 5.40. The highest BCUT2D eigenvalue weighted by Crippen LogP contribution is 2.43. The van der Waals surface area contributed by atoms with E-state index in [1.165, 1.54) is 26.9 Å². The van der Waals surface area contributed by atoms with Gasteiger partial charge in [0.2, 0.25) is 0 Å². The highest BCUT2D eigenvalue weighted by molar-refractivity contribution is 6.33. The highest BCUT2D eigenvalue weighted by Gasteiger charge is 2.18. The summed E-state index contributed by atoms with van der Waals surface area (Å²) in [6.07, 6.45) is 0. The first kappa shape index (κ1) is 29.9. The number of rotatable bonds is 5. The number of pyridine rings is 1. The van der Waals surface area contributed by atoms with Crippen molar-refractivity contribution in [1.82, 2.24) is 15.0 Å². The molecule has 0 aliphatic heterocycles. The minimum Gasteiger partial charge on any atom is -0.247 e. The monoisotopic (exact) mass is 661 g/mol. The SMILES string of the molecule is c1ccc(-c2cccc(-c3nc(-c4ccccc4)cc(-c4cccc(-c5nc6ccccc6c6c7ccccc7c7ccccc7c56)c4)n3)c2)cc1. The van der Waals surface area contributed by atoms with Crippen molar-refractivity contribution in [3.05, 3.63) is 188 Å². The topological polar surface area (TPSA) is 38.7 Å². The summed E-state index contributed by atoms with van der Waals surface area (Å²) in [5.74, 6) is 0.686. The van der Waals surface area contributed by atoms with Crippen molar-refractivity contribution in [2.45, 2.75) is 0 Å². The maximum atomic E-state index is 5.40. The van der Waals surface area contributed by atoms with Crippen molar-refractivity contribution in [3.63, 3.8) is 0 Å². The van der Waals surface area contributed by atoms with Gasteiger partial charge in [-0.05, 0) is 56.9 Å². The quantitative estimate of drug-likeness (QED) is 0.172. The third-order valence-corrected chi connectivity index (χ3v) is 10.0. The van der Waals surface area contributed by atoms with Crippen LogP contribution in [0.5, 0.6) is 0 Å². The Balaban J connectivity index is 1.21. The Labute approximate surface area is 301 Å². The van der Waals surface area contributed by atoms with Gasteiger partial charge in [0.15, 0.2) is 5.82 Å². The first-order valence-electron chi connectivity index (χ1n) is 17.6. The standard InChI is InChI=1S/C49H31N3/c1-3-15-32(16-4-1)34-19-13-22-37(29-34)49-51-44(33-17-5-2-6-18-33)31-45(52-49)35-20-14-21-36(30-35)48-47-41-26-10-8-24-39(41)38-23-7-9-25-40(38)46(47)42-27-11-12-28-43(42)50-48/h1-31H. The molecule has 0 N–H and O–H groups in total. The summed E-state index contributed by atoms with van der Waals surface area (Å²) in [6.45, 7) is 0. The van der Waals surface area contributed by atoms with Crippen LogP contribution in [0.4, 0.5) is 0 Å². The van der Waals surface area contributed by atoms with Crippen molar-refractivity contribution >= 4 is 43.2 Å². The van der Waals surface area contributed by atoms with E-state index in [9.17, 15) is 0 Å². The van der Waals surface area contributed by atoms with Gasteiger partial charge in [-0.25, -0.2) is 15.0 Å². The van der Waals surface area contributed by atoms with E-state index >= 15 is 0 Å². The molecule has 10 aromatic rings. The molecule has 52 heavy (non-hydrogen) atoms. The molecule has 0 aliphatic rings. The highest BCUT2D eigenvalue weighted by atomic mass is 14.9. The fourth-order valence-corrected chi connectivity index (χ4v) is 7.61. The van der Waals surface area contributed by atoms with Crippen LogP contribution in [0.25, 0.3) is 99.5 Å². The van der Waals surface area contributed by atoms with Crippen molar-refractivity contribution in [2.75, 3.05) is 0 Å². The maximum Gasteiger partial charge on any atom is 0.160 e. The van der Waals surface area contributed by atoms with E-state index < -0.39 is 0 Å². The Morgan fingerprint density at radius 2 is 0.750 bits per heavy atom. The second-order valence-electron chi connectivity index (χ2n) is 13.2. The number of aromatic nitrogens is 3. The molecule has 3 nitrogen and oxygen atoms in total. The van der Waals surface area contributed by atoms with E-state index in [2.05, 4.69) is 176 Å². The lowest BCUT2D eigenvalue weighted by Gasteiger charge is -2.17. The number of hydrogen-bond acceptors (Lipinski definition) is 3. The number of para-hydroxylation sites is 1. The molecule has 0 aliphatic carbocycles. The molecule has 0 fully saturated rings. The minimum absolute atomic E-state index is 0.686. The molecule has 2 heterocycles. The molecule has 10 rings (SSSR count). The third kappa shape index (κ3) is 5.10. The Bertz CT molecular complexity index is 2950. The zero-order valence-electron chi connectivity index (χ0n) is 28.2. The van der Waals surface area contributed by atoms with Gasteiger partial charge in [-0.2, -0.15) is 0 Å². The van der Waals surface area contributed by atoms with Gasteiger partial charge in [0, 0.05) is 38.4 Å². The van der Waals surface area contributed by atoms with Gasteiger partial charge >= 0.3 is 0 Å². The third-order valence-electron chi connectivity index (χ3n) is 10.0. The van der Waals surface area contributed by atoms with Crippen molar-refractivity contribution in [3.8, 4) is 56.3 Å². The van der Waals surface area contributed by atoms with Crippen LogP contribution in [0.3, 0.4) is 0 Å². The largest absolute Gasteiger partial charge is 0.247 e. The Kier molecular flexibility index (Phi) is 7.14. The smallest absolute Gasteiger partial charge is 0.160 e. The fourth-order valence-electron chi connectivity index (χ4n) is 7.61. The summed E-state index contributed by atoms with van der Waals surface area (Å²) in [4.78, 5) is 15.8. The van der Waals surface area contributed by atoms with E-state index in [1.54, 1.807) is 0 Å². The summed E-state index contributed by atoms with van der Waals surface area (Å²) < 4.78 is 0. The number of benzene rings is 8. The molecule has 0 radical (unpaired) electrons. The predicted molar refractivity (Wildman–Crippen MR) is 217 cm³/mol. The predicted octanol–water partition coefficient (Wildman–Crippen LogP) is 12.8. The second kappa shape index (κ2) is 12.4. The molecule has 0 saturated heterocycles. The number of fused-ring (bicyclic) bond motifs is 8. The van der Waals surface area contributed by atoms with E-state index in [1.807, 2.05) is 12.1 Å². The molecular weight excluding hydrogens is 631 g/mol. The molecule has 242 valence electrons. The molecule has 3 heteroatoms. The Morgan fingerprint density at radius 3 is 1.46 bits per heavy atom. The lowest BCUT2D eigenvalue weighted by Crippen LogP contribution is -1.97. The lowest BCUT2D eigenvalue weighted by molar-refractivity contribution is 1.18. The summed E-state index contributed by atoms with van der Waals surface area (Å²) in [5, 5.41) is 8.46. The van der Waals surface area contributed by atoms with Crippen molar-refractivity contribution in [2.24, 2.45) is 0 Å². The van der Waals surface area contributed by atoms with Gasteiger partial charge in [0.25, 0.3) is 0 Å². The molecule has 2 aromatic heterocycles. The summed E-state index contributed by atoms with van der Waals surface area (Å²) in [5.41, 5.74) is 10.0. The number of hydrogen-bond donors (Lipinski definition) is 0. The fraction of sp³-hybridized carbons (Fsp3) is 0. The molecule has 0 spiro atoms. The first-order valence-corrected chi connectivity index (χ1v) is 17.6. The second-order valence-corrected chi connectivity index (χ2v) is 13.2. The van der Waals surface area contributed by atoms with Crippen LogP contribution in [0, 0.1) is 0 Å². The van der Waals surface area contributed by atoms with E-state index in [4.69, 9.17) is 15.0 Å². The zero-order chi connectivity index (χ0) is 34.4. The van der Waals surface area contributed by atoms with E-state index in [0.29, 0.717) is 5.82 Å². The van der Waals surface area contributed by atoms with Gasteiger partial charge < -0.3 is 0 Å². The normalized spacial score (nSPS) is 11.5. The summed E-state index contributed by atoms with van der Waals surface area (Å²) in [7, 11) is 0. The van der Waals surface area contributed by atoms with Crippen molar-refractivity contribution < 1.29 is 0 Å². The zero-order valence-corrected chi connectivity index (χ0v) is 28.2. The molecule has 0 unspecified atom stereocenters. The van der Waals surface area contributed by atoms with Crippen LogP contribution in [0.1, 0.15) is 0 Å². The van der Waals surface area contributed by atoms with E-state index in [-0.39, 0.29) is 0 Å². The lowest BCUT2D eigenvalue weighted by atomic mass is 9.89. The molecular formula is C49H31N3. The van der Waals surface area contributed by atoms with Gasteiger partial charge in [-0.15, -0.1) is 0 Å². The van der Waals surface area contributed by atoms with Gasteiger partial charge in [-0.3, -0.25) is 0 Å². The van der Waals surface area contributed by atoms with E-state index in [0.717, 1.165) is 66.8 Å². The van der Waals surface area contributed by atoms with Crippen molar-refractivity contribution in [1.29, 1.82) is 0 Å². The van der Waals surface area contributed by atoms with Crippen LogP contribution < -0.4 is 0 Å². The van der Waals surface area contributed by atoms with Crippen LogP contribution in [0.2, 0.25) is 0 Å². The summed E-state index contributed by atoms with van der Waals surface area (Å²) in [6, 6.07) is 66.1. The van der Waals surface area contributed by atoms with Gasteiger partial charge in [0.1, 0.15) is 0 Å².